The Bertz CT molecular complexity index is 383. The third-order valence-corrected chi connectivity index (χ3v) is 3.46. The van der Waals surface area contributed by atoms with E-state index in [2.05, 4.69) is 15.9 Å². The highest BCUT2D eigenvalue weighted by molar-refractivity contribution is 9.10. The van der Waals surface area contributed by atoms with E-state index < -0.39 is 0 Å². The van der Waals surface area contributed by atoms with Gasteiger partial charge in [-0.2, -0.15) is 0 Å². The minimum Gasteiger partial charge on any atom is -0.426 e. The maximum absolute atomic E-state index is 11.8. The Balaban J connectivity index is 2.06. The summed E-state index contributed by atoms with van der Waals surface area (Å²) in [5.74, 6) is 0.539. The van der Waals surface area contributed by atoms with E-state index in [1.54, 1.807) is 6.07 Å². The lowest BCUT2D eigenvalue weighted by Gasteiger charge is -2.11. The molecule has 0 heterocycles. The summed E-state index contributed by atoms with van der Waals surface area (Å²) in [6, 6.07) is 7.38. The summed E-state index contributed by atoms with van der Waals surface area (Å²) in [6.45, 7) is 2.04. The molecule has 0 saturated heterocycles. The molecule has 1 fully saturated rings. The predicted molar refractivity (Wildman–Crippen MR) is 61.7 cm³/mol. The molecule has 0 aromatic heterocycles. The molecular formula is C12H13BrO2. The van der Waals surface area contributed by atoms with Crippen LogP contribution in [0.4, 0.5) is 0 Å². The largest absolute Gasteiger partial charge is 0.426 e. The molecule has 80 valence electrons. The summed E-state index contributed by atoms with van der Waals surface area (Å²) < 4.78 is 6.27. The van der Waals surface area contributed by atoms with Gasteiger partial charge >= 0.3 is 5.97 Å². The second-order valence-corrected chi connectivity index (χ2v) is 4.90. The van der Waals surface area contributed by atoms with Crippen LogP contribution in [0, 0.1) is 5.41 Å². The first kappa shape index (κ1) is 10.7. The van der Waals surface area contributed by atoms with Crippen molar-refractivity contribution in [2.75, 3.05) is 0 Å². The van der Waals surface area contributed by atoms with E-state index in [1.165, 1.54) is 0 Å². The fourth-order valence-corrected chi connectivity index (χ4v) is 1.98. The van der Waals surface area contributed by atoms with E-state index in [9.17, 15) is 4.79 Å². The van der Waals surface area contributed by atoms with E-state index >= 15 is 0 Å². The van der Waals surface area contributed by atoms with Crippen molar-refractivity contribution in [1.29, 1.82) is 0 Å². The molecule has 1 saturated carbocycles. The van der Waals surface area contributed by atoms with Crippen molar-refractivity contribution in [2.45, 2.75) is 26.2 Å². The van der Waals surface area contributed by atoms with Gasteiger partial charge in [0.1, 0.15) is 5.75 Å². The van der Waals surface area contributed by atoms with Gasteiger partial charge in [0.25, 0.3) is 0 Å². The van der Waals surface area contributed by atoms with Gasteiger partial charge in [0, 0.05) is 4.47 Å². The molecule has 1 aliphatic rings. The van der Waals surface area contributed by atoms with Gasteiger partial charge in [-0.3, -0.25) is 4.79 Å². The molecule has 0 unspecified atom stereocenters. The lowest BCUT2D eigenvalue weighted by molar-refractivity contribution is -0.140. The monoisotopic (exact) mass is 268 g/mol. The molecule has 1 aromatic rings. The van der Waals surface area contributed by atoms with Gasteiger partial charge in [0.15, 0.2) is 0 Å². The Kier molecular flexibility index (Phi) is 2.83. The zero-order valence-corrected chi connectivity index (χ0v) is 10.2. The highest BCUT2D eigenvalue weighted by atomic mass is 79.9. The van der Waals surface area contributed by atoms with Gasteiger partial charge in [-0.15, -0.1) is 0 Å². The van der Waals surface area contributed by atoms with Crippen LogP contribution in [0.1, 0.15) is 26.2 Å². The van der Waals surface area contributed by atoms with E-state index in [1.807, 2.05) is 25.1 Å². The van der Waals surface area contributed by atoms with Crippen LogP contribution in [0.2, 0.25) is 0 Å². The lowest BCUT2D eigenvalue weighted by Crippen LogP contribution is -2.21. The van der Waals surface area contributed by atoms with Crippen LogP contribution >= 0.6 is 15.9 Å². The summed E-state index contributed by atoms with van der Waals surface area (Å²) >= 11 is 3.34. The third-order valence-electron chi connectivity index (χ3n) is 2.97. The Labute approximate surface area is 97.8 Å². The molecule has 2 nitrogen and oxygen atoms in total. The Morgan fingerprint density at radius 1 is 1.53 bits per heavy atom. The molecule has 0 aliphatic heterocycles. The smallest absolute Gasteiger partial charge is 0.317 e. The minimum atomic E-state index is -0.178. The first-order valence-electron chi connectivity index (χ1n) is 5.14. The third kappa shape index (κ3) is 2.23. The number of carbonyl (C=O) groups is 1. The number of esters is 1. The zero-order valence-electron chi connectivity index (χ0n) is 8.63. The summed E-state index contributed by atoms with van der Waals surface area (Å²) in [4.78, 5) is 11.8. The van der Waals surface area contributed by atoms with Crippen LogP contribution in [0.5, 0.6) is 5.75 Å². The van der Waals surface area contributed by atoms with Crippen molar-refractivity contribution in [3.8, 4) is 5.75 Å². The van der Waals surface area contributed by atoms with Crippen molar-refractivity contribution < 1.29 is 9.53 Å². The summed E-state index contributed by atoms with van der Waals surface area (Å²) in [5.41, 5.74) is -0.178. The average Bonchev–Trinajstić information content (AvgIpc) is 2.98. The maximum Gasteiger partial charge on any atom is 0.317 e. The van der Waals surface area contributed by atoms with E-state index in [0.717, 1.165) is 23.7 Å². The number of hydrogen-bond donors (Lipinski definition) is 0. The second-order valence-electron chi connectivity index (χ2n) is 3.98. The van der Waals surface area contributed by atoms with Gasteiger partial charge in [-0.1, -0.05) is 28.9 Å². The quantitative estimate of drug-likeness (QED) is 0.619. The lowest BCUT2D eigenvalue weighted by atomic mass is 10.1. The molecule has 0 radical (unpaired) electrons. The van der Waals surface area contributed by atoms with E-state index in [4.69, 9.17) is 4.74 Å². The molecule has 3 heteroatoms. The number of rotatable bonds is 3. The van der Waals surface area contributed by atoms with E-state index in [0.29, 0.717) is 5.75 Å². The number of ether oxygens (including phenoxy) is 1. The van der Waals surface area contributed by atoms with Gasteiger partial charge < -0.3 is 4.74 Å². The average molecular weight is 269 g/mol. The summed E-state index contributed by atoms with van der Waals surface area (Å²) in [7, 11) is 0. The molecule has 0 amide bonds. The second kappa shape index (κ2) is 3.97. The standard InChI is InChI=1S/C12H13BrO2/c1-2-12(6-7-12)11(14)15-10-5-3-4-9(13)8-10/h3-5,8H,2,6-7H2,1H3. The molecule has 0 N–H and O–H groups in total. The molecule has 0 bridgehead atoms. The first-order valence-corrected chi connectivity index (χ1v) is 5.93. The minimum absolute atomic E-state index is 0.0805. The number of halogens is 1. The number of benzene rings is 1. The molecule has 1 aliphatic carbocycles. The summed E-state index contributed by atoms with van der Waals surface area (Å²) in [5, 5.41) is 0. The summed E-state index contributed by atoms with van der Waals surface area (Å²) in [6.07, 6.45) is 2.81. The van der Waals surface area contributed by atoms with Gasteiger partial charge in [0.2, 0.25) is 0 Å². The number of hydrogen-bond acceptors (Lipinski definition) is 2. The normalized spacial score (nSPS) is 17.2. The van der Waals surface area contributed by atoms with Crippen LogP contribution in [-0.2, 0) is 4.79 Å². The van der Waals surface area contributed by atoms with Crippen molar-refractivity contribution in [3.05, 3.63) is 28.7 Å². The highest BCUT2D eigenvalue weighted by Gasteiger charge is 2.49. The topological polar surface area (TPSA) is 26.3 Å². The van der Waals surface area contributed by atoms with Crippen molar-refractivity contribution in [3.63, 3.8) is 0 Å². The van der Waals surface area contributed by atoms with E-state index in [-0.39, 0.29) is 11.4 Å². The zero-order chi connectivity index (χ0) is 10.9. The molecule has 1 aromatic carbocycles. The van der Waals surface area contributed by atoms with Crippen LogP contribution in [0.25, 0.3) is 0 Å². The predicted octanol–water partition coefficient (Wildman–Crippen LogP) is 3.54. The van der Waals surface area contributed by atoms with Crippen molar-refractivity contribution in [1.82, 2.24) is 0 Å². The Morgan fingerprint density at radius 2 is 2.27 bits per heavy atom. The maximum atomic E-state index is 11.8. The first-order chi connectivity index (χ1) is 7.16. The number of carbonyl (C=O) groups excluding carboxylic acids is 1. The highest BCUT2D eigenvalue weighted by Crippen LogP contribution is 2.49. The molecule has 2 rings (SSSR count). The fraction of sp³-hybridized carbons (Fsp3) is 0.417. The molecule has 0 atom stereocenters. The van der Waals surface area contributed by atoms with Crippen molar-refractivity contribution in [2.24, 2.45) is 5.41 Å². The van der Waals surface area contributed by atoms with Gasteiger partial charge in [-0.05, 0) is 37.5 Å². The van der Waals surface area contributed by atoms with Gasteiger partial charge in [-0.25, -0.2) is 0 Å². The molecule has 15 heavy (non-hydrogen) atoms. The van der Waals surface area contributed by atoms with Crippen LogP contribution in [0.3, 0.4) is 0 Å². The molecule has 0 spiro atoms. The van der Waals surface area contributed by atoms with Gasteiger partial charge in [0.05, 0.1) is 5.41 Å². The van der Waals surface area contributed by atoms with Crippen molar-refractivity contribution >= 4 is 21.9 Å². The van der Waals surface area contributed by atoms with Crippen LogP contribution in [0.15, 0.2) is 28.7 Å². The Morgan fingerprint density at radius 3 is 2.80 bits per heavy atom. The van der Waals surface area contributed by atoms with Crippen LogP contribution < -0.4 is 4.74 Å². The Hall–Kier alpha value is -0.830. The molecular weight excluding hydrogens is 256 g/mol. The fourth-order valence-electron chi connectivity index (χ4n) is 1.60. The van der Waals surface area contributed by atoms with Crippen LogP contribution in [-0.4, -0.2) is 5.97 Å². The SMILES string of the molecule is CCC1(C(=O)Oc2cccc(Br)c2)CC1.